The van der Waals surface area contributed by atoms with Crippen LogP contribution < -0.4 is 5.32 Å². The lowest BCUT2D eigenvalue weighted by Gasteiger charge is -2.24. The summed E-state index contributed by atoms with van der Waals surface area (Å²) in [7, 11) is -3.89. The van der Waals surface area contributed by atoms with E-state index in [-0.39, 0.29) is 35.0 Å². The van der Waals surface area contributed by atoms with Crippen molar-refractivity contribution in [2.24, 2.45) is 11.8 Å². The number of carbonyl (C=O) groups excluding carboxylic acids is 1. The highest BCUT2D eigenvalue weighted by atomic mass is 32.2. The summed E-state index contributed by atoms with van der Waals surface area (Å²) < 4.78 is 33.3. The number of pyridine rings is 1. The molecule has 0 aliphatic carbocycles. The second kappa shape index (κ2) is 10.8. The molecule has 9 nitrogen and oxygen atoms in total. The van der Waals surface area contributed by atoms with Crippen LogP contribution in [-0.2, 0) is 21.4 Å². The number of hydrogen-bond acceptors (Lipinski definition) is 7. The molecule has 39 heavy (non-hydrogen) atoms. The number of nitrogens with zero attached hydrogens (tertiary/aromatic N) is 4. The number of carbonyl (C=O) groups is 1. The minimum atomic E-state index is -3.89. The lowest BCUT2D eigenvalue weighted by Crippen LogP contribution is -2.33. The molecule has 2 aromatic heterocycles. The number of rotatable bonds is 7. The van der Waals surface area contributed by atoms with Crippen LogP contribution in [-0.4, -0.2) is 47.5 Å². The van der Waals surface area contributed by atoms with E-state index in [2.05, 4.69) is 30.2 Å². The van der Waals surface area contributed by atoms with E-state index in [1.165, 1.54) is 24.5 Å². The number of amides is 1. The summed E-state index contributed by atoms with van der Waals surface area (Å²) in [5.74, 6) is 0.319. The average molecular weight is 544 g/mol. The van der Waals surface area contributed by atoms with E-state index in [1.54, 1.807) is 29.2 Å². The smallest absolute Gasteiger partial charge is 0.410 e. The van der Waals surface area contributed by atoms with Crippen molar-refractivity contribution < 1.29 is 17.9 Å². The number of nitriles is 1. The summed E-state index contributed by atoms with van der Waals surface area (Å²) in [6.07, 6.45) is 2.44. The zero-order valence-corrected chi connectivity index (χ0v) is 22.5. The van der Waals surface area contributed by atoms with Crippen LogP contribution in [0.5, 0.6) is 0 Å². The molecule has 1 aliphatic rings. The predicted molar refractivity (Wildman–Crippen MR) is 147 cm³/mol. The average Bonchev–Trinajstić information content (AvgIpc) is 3.58. The zero-order chi connectivity index (χ0) is 27.6. The van der Waals surface area contributed by atoms with Crippen molar-refractivity contribution in [3.8, 4) is 6.07 Å². The standard InChI is InChI=1S/C29H29N5O4S/c1-20(2)25-17-33(29(35)38-19-21-9-5-3-6-10-21)18-26(25)32-27-22(15-30)16-31-28-24(27)13-14-34(28)39(36,37)23-11-7-4-8-12-23/h3-14,16,20,25-26H,17-19H2,1-2H3,(H,31,32). The first-order chi connectivity index (χ1) is 18.8. The van der Waals surface area contributed by atoms with Crippen molar-refractivity contribution in [2.75, 3.05) is 18.4 Å². The molecule has 1 aliphatic heterocycles. The Kier molecular flexibility index (Phi) is 7.26. The molecule has 3 heterocycles. The van der Waals surface area contributed by atoms with E-state index in [9.17, 15) is 18.5 Å². The second-order valence-corrected chi connectivity index (χ2v) is 11.7. The topological polar surface area (TPSA) is 117 Å². The molecule has 2 aromatic carbocycles. The van der Waals surface area contributed by atoms with Crippen LogP contribution in [0.3, 0.4) is 0 Å². The third-order valence-corrected chi connectivity index (χ3v) is 8.80. The number of likely N-dealkylation sites (tertiary alicyclic amines) is 1. The Balaban J connectivity index is 1.42. The Bertz CT molecular complexity index is 1630. The van der Waals surface area contributed by atoms with Crippen LogP contribution in [0, 0.1) is 23.2 Å². The maximum absolute atomic E-state index is 13.3. The molecule has 1 amide bonds. The molecule has 1 fully saturated rings. The molecule has 10 heteroatoms. The molecule has 2 atom stereocenters. The van der Waals surface area contributed by atoms with Gasteiger partial charge in [0.05, 0.1) is 16.1 Å². The van der Waals surface area contributed by atoms with Crippen LogP contribution >= 0.6 is 0 Å². The fraction of sp³-hybridized carbons (Fsp3) is 0.276. The molecule has 200 valence electrons. The molecule has 0 radical (unpaired) electrons. The molecule has 4 aromatic rings. The summed E-state index contributed by atoms with van der Waals surface area (Å²) in [4.78, 5) is 19.1. The maximum atomic E-state index is 13.3. The van der Waals surface area contributed by atoms with Crippen LogP contribution in [0.2, 0.25) is 0 Å². The van der Waals surface area contributed by atoms with E-state index < -0.39 is 16.1 Å². The summed E-state index contributed by atoms with van der Waals surface area (Å²) in [5.41, 5.74) is 1.93. The quantitative estimate of drug-likeness (QED) is 0.354. The van der Waals surface area contributed by atoms with Gasteiger partial charge in [-0.3, -0.25) is 0 Å². The van der Waals surface area contributed by atoms with E-state index in [0.29, 0.717) is 29.7 Å². The molecule has 0 saturated carbocycles. The van der Waals surface area contributed by atoms with Crippen molar-refractivity contribution in [2.45, 2.75) is 31.4 Å². The Morgan fingerprint density at radius 1 is 1.10 bits per heavy atom. The lowest BCUT2D eigenvalue weighted by molar-refractivity contribution is 0.102. The number of aromatic nitrogens is 2. The van der Waals surface area contributed by atoms with E-state index in [4.69, 9.17) is 4.74 Å². The fourth-order valence-electron chi connectivity index (χ4n) is 5.01. The number of ether oxygens (including phenoxy) is 1. The summed E-state index contributed by atoms with van der Waals surface area (Å²) in [6.45, 7) is 5.26. The molecule has 2 unspecified atom stereocenters. The number of anilines is 1. The first kappa shape index (κ1) is 26.3. The third kappa shape index (κ3) is 5.18. The predicted octanol–water partition coefficient (Wildman–Crippen LogP) is 4.85. The summed E-state index contributed by atoms with van der Waals surface area (Å²) in [6, 6.07) is 21.3. The normalized spacial score (nSPS) is 17.3. The Morgan fingerprint density at radius 3 is 2.46 bits per heavy atom. The van der Waals surface area contributed by atoms with Gasteiger partial charge in [0, 0.05) is 42.8 Å². The highest BCUT2D eigenvalue weighted by Crippen LogP contribution is 2.33. The van der Waals surface area contributed by atoms with Crippen molar-refractivity contribution in [3.05, 3.63) is 90.3 Å². The largest absolute Gasteiger partial charge is 0.445 e. The van der Waals surface area contributed by atoms with Gasteiger partial charge >= 0.3 is 6.09 Å². The Morgan fingerprint density at radius 2 is 1.79 bits per heavy atom. The SMILES string of the molecule is CC(C)C1CN(C(=O)OCc2ccccc2)CC1Nc1c(C#N)cnc2c1ccn2S(=O)(=O)c1ccccc1. The van der Waals surface area contributed by atoms with Crippen molar-refractivity contribution in [1.29, 1.82) is 5.26 Å². The summed E-state index contributed by atoms with van der Waals surface area (Å²) >= 11 is 0. The lowest BCUT2D eigenvalue weighted by atomic mass is 9.91. The number of nitrogens with one attached hydrogen (secondary N) is 1. The minimum Gasteiger partial charge on any atom is -0.445 e. The second-order valence-electron chi connectivity index (χ2n) is 9.93. The maximum Gasteiger partial charge on any atom is 0.410 e. The molecule has 1 N–H and O–H groups in total. The van der Waals surface area contributed by atoms with Crippen LogP contribution in [0.15, 0.2) is 84.0 Å². The van der Waals surface area contributed by atoms with Gasteiger partial charge in [-0.1, -0.05) is 62.4 Å². The molecule has 5 rings (SSSR count). The van der Waals surface area contributed by atoms with Gasteiger partial charge in [0.2, 0.25) is 0 Å². The van der Waals surface area contributed by atoms with E-state index >= 15 is 0 Å². The molecular formula is C29H29N5O4S. The monoisotopic (exact) mass is 543 g/mol. The van der Waals surface area contributed by atoms with Gasteiger partial charge in [0.1, 0.15) is 12.7 Å². The number of fused-ring (bicyclic) bond motifs is 1. The van der Waals surface area contributed by atoms with Gasteiger partial charge in [-0.05, 0) is 29.7 Å². The Labute approximate surface area is 227 Å². The van der Waals surface area contributed by atoms with Crippen LogP contribution in [0.4, 0.5) is 10.5 Å². The van der Waals surface area contributed by atoms with Gasteiger partial charge in [0.15, 0.2) is 5.65 Å². The molecule has 0 bridgehead atoms. The molecule has 1 saturated heterocycles. The first-order valence-corrected chi connectivity index (χ1v) is 14.2. The van der Waals surface area contributed by atoms with Crippen LogP contribution in [0.1, 0.15) is 25.0 Å². The first-order valence-electron chi connectivity index (χ1n) is 12.7. The Hall–Kier alpha value is -4.36. The third-order valence-electron chi connectivity index (χ3n) is 7.12. The van der Waals surface area contributed by atoms with Gasteiger partial charge in [0.25, 0.3) is 10.0 Å². The van der Waals surface area contributed by atoms with Crippen LogP contribution in [0.25, 0.3) is 11.0 Å². The van der Waals surface area contributed by atoms with E-state index in [1.807, 2.05) is 30.3 Å². The van der Waals surface area contributed by atoms with Crippen molar-refractivity contribution in [1.82, 2.24) is 13.9 Å². The zero-order valence-electron chi connectivity index (χ0n) is 21.7. The van der Waals surface area contributed by atoms with Gasteiger partial charge in [-0.2, -0.15) is 5.26 Å². The van der Waals surface area contributed by atoms with Crippen molar-refractivity contribution in [3.63, 3.8) is 0 Å². The van der Waals surface area contributed by atoms with Gasteiger partial charge in [-0.25, -0.2) is 22.2 Å². The molecular weight excluding hydrogens is 514 g/mol. The minimum absolute atomic E-state index is 0.0826. The highest BCUT2D eigenvalue weighted by molar-refractivity contribution is 7.90. The van der Waals surface area contributed by atoms with Gasteiger partial charge in [-0.15, -0.1) is 0 Å². The highest BCUT2D eigenvalue weighted by Gasteiger charge is 2.38. The van der Waals surface area contributed by atoms with Crippen molar-refractivity contribution >= 4 is 32.8 Å². The molecule has 0 spiro atoms. The van der Waals surface area contributed by atoms with E-state index in [0.717, 1.165) is 9.54 Å². The van der Waals surface area contributed by atoms with Gasteiger partial charge < -0.3 is 15.0 Å². The number of hydrogen-bond donors (Lipinski definition) is 1. The fourth-order valence-corrected chi connectivity index (χ4v) is 6.33. The number of benzene rings is 2. The summed E-state index contributed by atoms with van der Waals surface area (Å²) in [5, 5.41) is 13.8.